The lowest BCUT2D eigenvalue weighted by atomic mass is 9.97. The molecule has 2 N–H and O–H groups in total. The Morgan fingerprint density at radius 3 is 2.42 bits per heavy atom. The highest BCUT2D eigenvalue weighted by atomic mass is 35.5. The molecule has 2 aromatic carbocycles. The van der Waals surface area contributed by atoms with Crippen molar-refractivity contribution in [1.82, 2.24) is 5.32 Å². The van der Waals surface area contributed by atoms with Gasteiger partial charge in [0.05, 0.1) is 16.3 Å². The number of carboxylic acid groups (broad SMARTS) is 1. The van der Waals surface area contributed by atoms with Gasteiger partial charge in [0.2, 0.25) is 0 Å². The van der Waals surface area contributed by atoms with Gasteiger partial charge in [0.1, 0.15) is 4.88 Å². The number of hydrogen-bond acceptors (Lipinski definition) is 4. The molecule has 0 aliphatic carbocycles. The highest BCUT2D eigenvalue weighted by Gasteiger charge is 2.29. The summed E-state index contributed by atoms with van der Waals surface area (Å²) >= 11 is 7.51. The second kappa shape index (κ2) is 9.64. The minimum Gasteiger partial charge on any atom is -0.477 e. The maximum Gasteiger partial charge on any atom is 0.348 e. The van der Waals surface area contributed by atoms with Crippen LogP contribution in [0.3, 0.4) is 0 Å². The highest BCUT2D eigenvalue weighted by Crippen LogP contribution is 2.38. The third kappa shape index (κ3) is 4.82. The van der Waals surface area contributed by atoms with Crippen LogP contribution in [0.2, 0.25) is 5.02 Å². The maximum atomic E-state index is 13.6. The number of carbonyl (C=O) groups excluding carboxylic acids is 1. The number of thiophene rings is 1. The molecule has 0 atom stereocenters. The molecule has 0 spiro atoms. The fourth-order valence-electron chi connectivity index (χ4n) is 3.87. The standard InChI is InChI=1S/C24H23ClN2O3S/c25-19-9-5-4-8-18(19)23(28)27(15-16-10-12-26-13-11-16)20-14-21(31-22(20)24(29)30)17-6-2-1-3-7-17/h1-9,14,16,26H,10-13,15H2,(H,29,30). The number of rotatable bonds is 6. The van der Waals surface area contributed by atoms with Crippen molar-refractivity contribution in [1.29, 1.82) is 0 Å². The van der Waals surface area contributed by atoms with Crippen LogP contribution in [-0.2, 0) is 0 Å². The summed E-state index contributed by atoms with van der Waals surface area (Å²) in [5.41, 5.74) is 1.73. The molecule has 0 saturated carbocycles. The van der Waals surface area contributed by atoms with E-state index in [-0.39, 0.29) is 16.7 Å². The molecule has 31 heavy (non-hydrogen) atoms. The fourth-order valence-corrected chi connectivity index (χ4v) is 5.09. The van der Waals surface area contributed by atoms with E-state index in [1.807, 2.05) is 36.4 Å². The number of carbonyl (C=O) groups is 2. The second-order valence-corrected chi connectivity index (χ2v) is 9.04. The Morgan fingerprint density at radius 1 is 1.06 bits per heavy atom. The summed E-state index contributed by atoms with van der Waals surface area (Å²) in [4.78, 5) is 28.3. The average Bonchev–Trinajstić information content (AvgIpc) is 3.24. The first-order valence-electron chi connectivity index (χ1n) is 10.2. The zero-order chi connectivity index (χ0) is 21.8. The number of nitrogens with one attached hydrogen (secondary N) is 1. The number of benzene rings is 2. The third-order valence-corrected chi connectivity index (χ3v) is 7.00. The van der Waals surface area contributed by atoms with Gasteiger partial charge in [-0.25, -0.2) is 4.79 Å². The normalized spacial score (nSPS) is 14.4. The van der Waals surface area contributed by atoms with Crippen LogP contribution in [0.1, 0.15) is 32.9 Å². The number of nitrogens with zero attached hydrogens (tertiary/aromatic N) is 1. The van der Waals surface area contributed by atoms with Gasteiger partial charge in [-0.05, 0) is 55.6 Å². The van der Waals surface area contributed by atoms with Crippen molar-refractivity contribution in [3.8, 4) is 10.4 Å². The Bertz CT molecular complexity index is 1080. The van der Waals surface area contributed by atoms with E-state index in [9.17, 15) is 14.7 Å². The third-order valence-electron chi connectivity index (χ3n) is 5.50. The first-order chi connectivity index (χ1) is 15.0. The Kier molecular flexibility index (Phi) is 6.70. The molecule has 1 aliphatic heterocycles. The molecule has 1 fully saturated rings. The van der Waals surface area contributed by atoms with Crippen molar-refractivity contribution in [2.24, 2.45) is 5.92 Å². The van der Waals surface area contributed by atoms with Gasteiger partial charge in [-0.15, -0.1) is 11.3 Å². The lowest BCUT2D eigenvalue weighted by Gasteiger charge is -2.30. The van der Waals surface area contributed by atoms with Gasteiger partial charge in [-0.3, -0.25) is 4.79 Å². The first-order valence-corrected chi connectivity index (χ1v) is 11.4. The van der Waals surface area contributed by atoms with Crippen LogP contribution in [0.15, 0.2) is 60.7 Å². The number of carboxylic acids is 1. The molecule has 3 aromatic rings. The van der Waals surface area contributed by atoms with E-state index in [0.717, 1.165) is 36.4 Å². The van der Waals surface area contributed by atoms with E-state index in [1.165, 1.54) is 11.3 Å². The molecule has 0 bridgehead atoms. The lowest BCUT2D eigenvalue weighted by Crippen LogP contribution is -2.40. The molecule has 160 valence electrons. The van der Waals surface area contributed by atoms with Gasteiger partial charge >= 0.3 is 5.97 Å². The molecule has 7 heteroatoms. The monoisotopic (exact) mass is 454 g/mol. The van der Waals surface area contributed by atoms with Gasteiger partial charge in [-0.1, -0.05) is 54.1 Å². The number of amides is 1. The predicted molar refractivity (Wildman–Crippen MR) is 125 cm³/mol. The smallest absolute Gasteiger partial charge is 0.348 e. The van der Waals surface area contributed by atoms with Crippen molar-refractivity contribution >= 4 is 40.5 Å². The number of hydrogen-bond donors (Lipinski definition) is 2. The van der Waals surface area contributed by atoms with Crippen LogP contribution >= 0.6 is 22.9 Å². The second-order valence-electron chi connectivity index (χ2n) is 7.59. The molecule has 1 saturated heterocycles. The Hall–Kier alpha value is -2.67. The van der Waals surface area contributed by atoms with E-state index in [2.05, 4.69) is 5.32 Å². The van der Waals surface area contributed by atoms with Gasteiger partial charge in [0.15, 0.2) is 0 Å². The summed E-state index contributed by atoms with van der Waals surface area (Å²) in [6.45, 7) is 2.24. The summed E-state index contributed by atoms with van der Waals surface area (Å²) in [5.74, 6) is -1.03. The van der Waals surface area contributed by atoms with E-state index < -0.39 is 5.97 Å². The van der Waals surface area contributed by atoms with Crippen LogP contribution < -0.4 is 10.2 Å². The molecular weight excluding hydrogens is 432 g/mol. The molecule has 0 unspecified atom stereocenters. The topological polar surface area (TPSA) is 69.6 Å². The number of anilines is 1. The number of piperidine rings is 1. The maximum absolute atomic E-state index is 13.6. The summed E-state index contributed by atoms with van der Waals surface area (Å²) in [5, 5.41) is 13.6. The Balaban J connectivity index is 1.78. The molecular formula is C24H23ClN2O3S. The first kappa shape index (κ1) is 21.6. The van der Waals surface area contributed by atoms with E-state index in [0.29, 0.717) is 22.8 Å². The van der Waals surface area contributed by atoms with E-state index in [1.54, 1.807) is 29.2 Å². The lowest BCUT2D eigenvalue weighted by molar-refractivity contribution is 0.0703. The van der Waals surface area contributed by atoms with E-state index in [4.69, 9.17) is 11.6 Å². The Labute approximate surface area is 190 Å². The number of halogens is 1. The van der Waals surface area contributed by atoms with Crippen molar-refractivity contribution in [2.75, 3.05) is 24.5 Å². The van der Waals surface area contributed by atoms with Crippen molar-refractivity contribution in [2.45, 2.75) is 12.8 Å². The zero-order valence-electron chi connectivity index (χ0n) is 16.9. The van der Waals surface area contributed by atoms with Crippen molar-refractivity contribution in [3.05, 3.63) is 76.1 Å². The zero-order valence-corrected chi connectivity index (χ0v) is 18.5. The minimum atomic E-state index is -1.04. The average molecular weight is 455 g/mol. The molecule has 1 aliphatic rings. The largest absolute Gasteiger partial charge is 0.477 e. The van der Waals surface area contributed by atoms with Gasteiger partial charge in [0, 0.05) is 11.4 Å². The number of aromatic carboxylic acids is 1. The van der Waals surface area contributed by atoms with Crippen LogP contribution in [0.5, 0.6) is 0 Å². The SMILES string of the molecule is O=C(O)c1sc(-c2ccccc2)cc1N(CC1CCNCC1)C(=O)c1ccccc1Cl. The molecule has 0 radical (unpaired) electrons. The molecule has 2 heterocycles. The summed E-state index contributed by atoms with van der Waals surface area (Å²) in [6.07, 6.45) is 1.87. The van der Waals surface area contributed by atoms with Gasteiger partial charge < -0.3 is 15.3 Å². The molecule has 1 aromatic heterocycles. The van der Waals surface area contributed by atoms with E-state index >= 15 is 0 Å². The van der Waals surface area contributed by atoms with Crippen molar-refractivity contribution in [3.63, 3.8) is 0 Å². The highest BCUT2D eigenvalue weighted by molar-refractivity contribution is 7.18. The van der Waals surface area contributed by atoms with Gasteiger partial charge in [0.25, 0.3) is 5.91 Å². The Morgan fingerprint density at radius 2 is 1.74 bits per heavy atom. The minimum absolute atomic E-state index is 0.160. The predicted octanol–water partition coefficient (Wildman–Crippen LogP) is 5.41. The van der Waals surface area contributed by atoms with Crippen LogP contribution in [0, 0.1) is 5.92 Å². The fraction of sp³-hybridized carbons (Fsp3) is 0.250. The van der Waals surface area contributed by atoms with Crippen LogP contribution in [0.4, 0.5) is 5.69 Å². The quantitative estimate of drug-likeness (QED) is 0.522. The van der Waals surface area contributed by atoms with Crippen LogP contribution in [-0.4, -0.2) is 36.6 Å². The molecule has 5 nitrogen and oxygen atoms in total. The van der Waals surface area contributed by atoms with Gasteiger partial charge in [-0.2, -0.15) is 0 Å². The van der Waals surface area contributed by atoms with Crippen molar-refractivity contribution < 1.29 is 14.7 Å². The van der Waals surface area contributed by atoms with Crippen LogP contribution in [0.25, 0.3) is 10.4 Å². The summed E-state index contributed by atoms with van der Waals surface area (Å²) in [6, 6.07) is 18.3. The summed E-state index contributed by atoms with van der Waals surface area (Å²) < 4.78 is 0. The molecule has 4 rings (SSSR count). The molecule has 1 amide bonds. The summed E-state index contributed by atoms with van der Waals surface area (Å²) in [7, 11) is 0.